The number of rotatable bonds is 4. The van der Waals surface area contributed by atoms with E-state index in [1.165, 1.54) is 17.0 Å². The van der Waals surface area contributed by atoms with Crippen molar-refractivity contribution in [2.45, 2.75) is 12.5 Å². The van der Waals surface area contributed by atoms with E-state index in [2.05, 4.69) is 0 Å². The molecule has 2 N–H and O–H groups in total. The van der Waals surface area contributed by atoms with Crippen LogP contribution in [0.4, 0.5) is 10.1 Å². The largest absolute Gasteiger partial charge is 0.320 e. The summed E-state index contributed by atoms with van der Waals surface area (Å²) >= 11 is 0. The fraction of sp³-hybridized carbons (Fsp3) is 0.188. The van der Waals surface area contributed by atoms with Crippen molar-refractivity contribution >= 4 is 11.6 Å². The summed E-state index contributed by atoms with van der Waals surface area (Å²) < 4.78 is 12.9. The minimum absolute atomic E-state index is 0.194. The van der Waals surface area contributed by atoms with Gasteiger partial charge in [0.1, 0.15) is 5.82 Å². The molecule has 3 nitrogen and oxygen atoms in total. The van der Waals surface area contributed by atoms with Crippen molar-refractivity contribution in [3.8, 4) is 0 Å². The third-order valence-corrected chi connectivity index (χ3v) is 3.16. The SMILES string of the molecule is CN(C(=O)[C@@H](N)Cc1ccccc1)c1ccc(F)cc1. The highest BCUT2D eigenvalue weighted by molar-refractivity contribution is 5.96. The maximum atomic E-state index is 12.9. The predicted molar refractivity (Wildman–Crippen MR) is 77.9 cm³/mol. The molecule has 0 saturated heterocycles. The van der Waals surface area contributed by atoms with Gasteiger partial charge < -0.3 is 10.6 Å². The second-order valence-electron chi connectivity index (χ2n) is 4.67. The van der Waals surface area contributed by atoms with Gasteiger partial charge >= 0.3 is 0 Å². The second kappa shape index (κ2) is 6.30. The van der Waals surface area contributed by atoms with Gasteiger partial charge in [0, 0.05) is 12.7 Å². The van der Waals surface area contributed by atoms with Crippen molar-refractivity contribution in [3.63, 3.8) is 0 Å². The van der Waals surface area contributed by atoms with Crippen LogP contribution in [-0.4, -0.2) is 19.0 Å². The molecule has 0 spiro atoms. The lowest BCUT2D eigenvalue weighted by molar-refractivity contribution is -0.119. The Balaban J connectivity index is 2.04. The molecule has 2 aromatic rings. The lowest BCUT2D eigenvalue weighted by Crippen LogP contribution is -2.43. The first-order valence-electron chi connectivity index (χ1n) is 6.40. The summed E-state index contributed by atoms with van der Waals surface area (Å²) in [5.41, 5.74) is 7.59. The zero-order valence-electron chi connectivity index (χ0n) is 11.3. The molecule has 0 aliphatic heterocycles. The van der Waals surface area contributed by atoms with Crippen LogP contribution in [0, 0.1) is 5.82 Å². The van der Waals surface area contributed by atoms with Crippen molar-refractivity contribution in [2.24, 2.45) is 5.73 Å². The number of amides is 1. The first kappa shape index (κ1) is 14.2. The molecule has 0 bridgehead atoms. The van der Waals surface area contributed by atoms with Crippen LogP contribution in [0.25, 0.3) is 0 Å². The standard InChI is InChI=1S/C16H17FN2O/c1-19(14-9-7-13(17)8-10-14)16(20)15(18)11-12-5-3-2-4-6-12/h2-10,15H,11,18H2,1H3/t15-/m0/s1. The fourth-order valence-corrected chi connectivity index (χ4v) is 2.00. The molecule has 0 fully saturated rings. The zero-order valence-corrected chi connectivity index (χ0v) is 11.3. The van der Waals surface area contributed by atoms with Crippen molar-refractivity contribution in [2.75, 3.05) is 11.9 Å². The number of nitrogens with two attached hydrogens (primary N) is 1. The molecule has 0 aliphatic carbocycles. The van der Waals surface area contributed by atoms with Gasteiger partial charge in [-0.3, -0.25) is 4.79 Å². The van der Waals surface area contributed by atoms with E-state index < -0.39 is 6.04 Å². The Kier molecular flexibility index (Phi) is 4.48. The number of likely N-dealkylation sites (N-methyl/N-ethyl adjacent to an activating group) is 1. The number of benzene rings is 2. The smallest absolute Gasteiger partial charge is 0.243 e. The Morgan fingerprint density at radius 2 is 1.75 bits per heavy atom. The van der Waals surface area contributed by atoms with E-state index in [0.717, 1.165) is 5.56 Å². The van der Waals surface area contributed by atoms with E-state index in [9.17, 15) is 9.18 Å². The highest BCUT2D eigenvalue weighted by atomic mass is 19.1. The van der Waals surface area contributed by atoms with Crippen LogP contribution in [0.2, 0.25) is 0 Å². The van der Waals surface area contributed by atoms with Crippen molar-refractivity contribution in [3.05, 3.63) is 66.0 Å². The topological polar surface area (TPSA) is 46.3 Å². The Morgan fingerprint density at radius 3 is 2.35 bits per heavy atom. The van der Waals surface area contributed by atoms with Crippen LogP contribution in [0.15, 0.2) is 54.6 Å². The van der Waals surface area contributed by atoms with E-state index in [4.69, 9.17) is 5.73 Å². The van der Waals surface area contributed by atoms with Crippen LogP contribution < -0.4 is 10.6 Å². The first-order chi connectivity index (χ1) is 9.58. The Labute approximate surface area is 117 Å². The predicted octanol–water partition coefficient (Wildman–Crippen LogP) is 2.36. The van der Waals surface area contributed by atoms with Gasteiger partial charge in [0.2, 0.25) is 5.91 Å². The van der Waals surface area contributed by atoms with E-state index in [1.807, 2.05) is 30.3 Å². The highest BCUT2D eigenvalue weighted by Crippen LogP contribution is 2.14. The molecular weight excluding hydrogens is 255 g/mol. The molecule has 104 valence electrons. The maximum Gasteiger partial charge on any atom is 0.243 e. The summed E-state index contributed by atoms with van der Waals surface area (Å²) in [7, 11) is 1.64. The molecule has 0 radical (unpaired) electrons. The molecule has 2 aromatic carbocycles. The summed E-state index contributed by atoms with van der Waals surface area (Å²) in [6, 6.07) is 14.8. The van der Waals surface area contributed by atoms with Gasteiger partial charge in [-0.25, -0.2) is 4.39 Å². The first-order valence-corrected chi connectivity index (χ1v) is 6.40. The fourth-order valence-electron chi connectivity index (χ4n) is 2.00. The number of carbonyl (C=O) groups excluding carboxylic acids is 1. The summed E-state index contributed by atoms with van der Waals surface area (Å²) in [5.74, 6) is -0.524. The van der Waals surface area contributed by atoms with Crippen LogP contribution in [0.1, 0.15) is 5.56 Å². The average molecular weight is 272 g/mol. The molecule has 2 rings (SSSR count). The Hall–Kier alpha value is -2.20. The number of anilines is 1. The molecule has 1 amide bonds. The van der Waals surface area contributed by atoms with Crippen LogP contribution in [0.3, 0.4) is 0 Å². The van der Waals surface area contributed by atoms with Gasteiger partial charge in [0.25, 0.3) is 0 Å². The molecule has 0 unspecified atom stereocenters. The van der Waals surface area contributed by atoms with Gasteiger partial charge in [-0.2, -0.15) is 0 Å². The molecule has 0 aliphatic rings. The summed E-state index contributed by atoms with van der Waals surface area (Å²) in [5, 5.41) is 0. The number of hydrogen-bond donors (Lipinski definition) is 1. The second-order valence-corrected chi connectivity index (χ2v) is 4.67. The van der Waals surface area contributed by atoms with E-state index in [-0.39, 0.29) is 11.7 Å². The van der Waals surface area contributed by atoms with Gasteiger partial charge in [-0.05, 0) is 36.2 Å². The number of halogens is 1. The summed E-state index contributed by atoms with van der Waals surface area (Å²) in [6.07, 6.45) is 0.477. The molecular formula is C16H17FN2O. The highest BCUT2D eigenvalue weighted by Gasteiger charge is 2.19. The lowest BCUT2D eigenvalue weighted by Gasteiger charge is -2.21. The van der Waals surface area contributed by atoms with Crippen molar-refractivity contribution < 1.29 is 9.18 Å². The average Bonchev–Trinajstić information content (AvgIpc) is 2.47. The lowest BCUT2D eigenvalue weighted by atomic mass is 10.1. The van der Waals surface area contributed by atoms with Crippen LogP contribution >= 0.6 is 0 Å². The zero-order chi connectivity index (χ0) is 14.5. The van der Waals surface area contributed by atoms with E-state index >= 15 is 0 Å². The van der Waals surface area contributed by atoms with E-state index in [0.29, 0.717) is 12.1 Å². The van der Waals surface area contributed by atoms with Gasteiger partial charge in [-0.15, -0.1) is 0 Å². The normalized spacial score (nSPS) is 11.9. The van der Waals surface area contributed by atoms with Gasteiger partial charge in [0.15, 0.2) is 0 Å². The summed E-state index contributed by atoms with van der Waals surface area (Å²) in [4.78, 5) is 13.7. The minimum Gasteiger partial charge on any atom is -0.320 e. The Morgan fingerprint density at radius 1 is 1.15 bits per heavy atom. The quantitative estimate of drug-likeness (QED) is 0.928. The summed E-state index contributed by atoms with van der Waals surface area (Å²) in [6.45, 7) is 0. The van der Waals surface area contributed by atoms with Crippen LogP contribution in [0.5, 0.6) is 0 Å². The molecule has 0 aromatic heterocycles. The maximum absolute atomic E-state index is 12.9. The molecule has 4 heteroatoms. The minimum atomic E-state index is -0.618. The Bertz CT molecular complexity index is 569. The van der Waals surface area contributed by atoms with Crippen LogP contribution in [-0.2, 0) is 11.2 Å². The van der Waals surface area contributed by atoms with Crippen molar-refractivity contribution in [1.29, 1.82) is 0 Å². The molecule has 0 heterocycles. The third kappa shape index (κ3) is 3.42. The van der Waals surface area contributed by atoms with E-state index in [1.54, 1.807) is 19.2 Å². The van der Waals surface area contributed by atoms with Gasteiger partial charge in [-0.1, -0.05) is 30.3 Å². The number of carbonyl (C=O) groups is 1. The monoisotopic (exact) mass is 272 g/mol. The molecule has 20 heavy (non-hydrogen) atoms. The van der Waals surface area contributed by atoms with Crippen molar-refractivity contribution in [1.82, 2.24) is 0 Å². The third-order valence-electron chi connectivity index (χ3n) is 3.16. The number of nitrogens with zero attached hydrogens (tertiary/aromatic N) is 1. The molecule has 1 atom stereocenters. The number of hydrogen-bond acceptors (Lipinski definition) is 2. The molecule has 0 saturated carbocycles. The van der Waals surface area contributed by atoms with Gasteiger partial charge in [0.05, 0.1) is 6.04 Å².